The van der Waals surface area contributed by atoms with Crippen LogP contribution in [0.2, 0.25) is 0 Å². The normalized spacial score (nSPS) is 22.9. The first-order valence-electron chi connectivity index (χ1n) is 20.9. The van der Waals surface area contributed by atoms with E-state index >= 15 is 0 Å². The lowest BCUT2D eigenvalue weighted by Crippen LogP contribution is -2.62. The molecule has 2 bridgehead atoms. The summed E-state index contributed by atoms with van der Waals surface area (Å²) in [4.78, 5) is 114. The van der Waals surface area contributed by atoms with Crippen LogP contribution in [-0.4, -0.2) is 131 Å². The van der Waals surface area contributed by atoms with Crippen LogP contribution in [0.15, 0.2) is 35.9 Å². The van der Waals surface area contributed by atoms with E-state index in [1.54, 1.807) is 51.4 Å². The molecule has 2 unspecified atom stereocenters. The Morgan fingerprint density at radius 3 is 2.45 bits per heavy atom. The molecule has 3 aromatic rings. The number of nitrogens with one attached hydrogen (secondary N) is 9. The van der Waals surface area contributed by atoms with Crippen LogP contribution in [0.4, 0.5) is 0 Å². The van der Waals surface area contributed by atoms with Crippen LogP contribution in [0, 0.1) is 11.8 Å². The van der Waals surface area contributed by atoms with Gasteiger partial charge in [-0.25, -0.2) is 4.98 Å². The van der Waals surface area contributed by atoms with Crippen LogP contribution in [0.5, 0.6) is 5.75 Å². The van der Waals surface area contributed by atoms with Crippen LogP contribution >= 0.6 is 11.3 Å². The number of aliphatic hydroxyl groups is 1. The van der Waals surface area contributed by atoms with Gasteiger partial charge in [0.1, 0.15) is 41.0 Å². The summed E-state index contributed by atoms with van der Waals surface area (Å²) < 4.78 is 5.31. The minimum Gasteiger partial charge on any atom is -0.508 e. The molecule has 1 aliphatic rings. The number of nitrogens with zero attached hydrogens (tertiary/aromatic N) is 1. The molecule has 1 aliphatic heterocycles. The molecule has 4 rings (SSSR count). The van der Waals surface area contributed by atoms with Gasteiger partial charge in [0.25, 0.3) is 11.8 Å². The summed E-state index contributed by atoms with van der Waals surface area (Å²) in [6.45, 7) is 7.38. The topological polar surface area (TPSA) is 311 Å². The van der Waals surface area contributed by atoms with Gasteiger partial charge in [0.05, 0.1) is 31.1 Å². The molecule has 0 saturated heterocycles. The molecule has 0 fully saturated rings. The third-order valence-electron chi connectivity index (χ3n) is 10.8. The summed E-state index contributed by atoms with van der Waals surface area (Å²) in [5, 5.41) is 44.4. The number of phenolic OH excluding ortho intramolecular Hbond substituents is 1. The van der Waals surface area contributed by atoms with E-state index in [2.05, 4.69) is 52.5 Å². The van der Waals surface area contributed by atoms with Crippen molar-refractivity contribution in [3.05, 3.63) is 52.1 Å². The number of aliphatic hydroxyl groups excluding tert-OH is 1. The molecule has 7 amide bonds. The number of rotatable bonds is 15. The van der Waals surface area contributed by atoms with E-state index in [0.717, 1.165) is 11.3 Å². The molecule has 0 spiro atoms. The maximum atomic E-state index is 14.2. The van der Waals surface area contributed by atoms with Crippen LogP contribution in [0.1, 0.15) is 69.8 Å². The number of aromatic hydroxyl groups is 1. The second kappa shape index (κ2) is 24.0. The molecule has 1 aromatic carbocycles. The fourth-order valence-electron chi connectivity index (χ4n) is 6.65. The Bertz CT molecular complexity index is 2180. The van der Waals surface area contributed by atoms with Gasteiger partial charge in [-0.3, -0.25) is 43.7 Å². The molecule has 21 nitrogen and oxygen atoms in total. The summed E-state index contributed by atoms with van der Waals surface area (Å²) in [6.07, 6.45) is 2.87. The summed E-state index contributed by atoms with van der Waals surface area (Å²) in [6, 6.07) is -1.53. The van der Waals surface area contributed by atoms with Gasteiger partial charge in [-0.2, -0.15) is 0 Å². The molecule has 0 aliphatic carbocycles. The first-order valence-corrected chi connectivity index (χ1v) is 21.7. The zero-order valence-corrected chi connectivity index (χ0v) is 37.3. The maximum Gasteiger partial charge on any atom is 0.290 e. The Labute approximate surface area is 373 Å². The average molecular weight is 911 g/mol. The number of H-pyrrole nitrogens is 1. The third kappa shape index (κ3) is 13.9. The zero-order chi connectivity index (χ0) is 47.1. The molecule has 348 valence electrons. The summed E-state index contributed by atoms with van der Waals surface area (Å²) >= 11 is 1.16. The van der Waals surface area contributed by atoms with E-state index in [0.29, 0.717) is 46.4 Å². The standard InChI is InChI=1S/C42H58N10O11S/c1-7-21(3)34-36(57)41(62)49-30(18-63-6)42-47-25(19-64-42)9-12-33(56)50-32(13-24-15-44-28-11-10-26(54)14-27(24)28)45-16-29(38(59)46-23(5)37(58)51-34)48-40(61)35(22(4)8-2)52-39(60)31(55)17-43-20-53/h9-12,14-15,19-23,29-32,34-35,44-45,54-55H,7-8,13,16-18H2,1-6H3,(H,43,53)(H,46,59)(H,48,61)(H,49,62)(H,50,56)(H,51,58)(H,52,60)/b12-9+/t21?,22?,23-,29-,30-,31+,32-,34-,35-/m0/s1. The van der Waals surface area contributed by atoms with Crippen molar-refractivity contribution in [2.24, 2.45) is 11.8 Å². The van der Waals surface area contributed by atoms with E-state index < -0.39 is 102 Å². The number of methoxy groups -OCH3 is 1. The fourth-order valence-corrected chi connectivity index (χ4v) is 7.48. The molecule has 2 aromatic heterocycles. The van der Waals surface area contributed by atoms with Crippen molar-refractivity contribution in [1.29, 1.82) is 0 Å². The van der Waals surface area contributed by atoms with Gasteiger partial charge >= 0.3 is 0 Å². The van der Waals surface area contributed by atoms with Crippen LogP contribution in [-0.2, 0) is 49.5 Å². The fraction of sp³-hybridized carbons (Fsp3) is 0.500. The number of fused-ring (bicyclic) bond motifs is 3. The van der Waals surface area contributed by atoms with Crippen molar-refractivity contribution in [1.82, 2.24) is 52.5 Å². The first-order chi connectivity index (χ1) is 30.5. The smallest absolute Gasteiger partial charge is 0.290 e. The van der Waals surface area contributed by atoms with Crippen molar-refractivity contribution in [2.45, 2.75) is 96.4 Å². The van der Waals surface area contributed by atoms with Crippen molar-refractivity contribution in [3.8, 4) is 5.75 Å². The number of phenols is 1. The van der Waals surface area contributed by atoms with Crippen molar-refractivity contribution >= 4 is 76.0 Å². The van der Waals surface area contributed by atoms with Gasteiger partial charge in [0.2, 0.25) is 35.8 Å². The molecule has 0 radical (unpaired) electrons. The number of ketones is 1. The predicted molar refractivity (Wildman–Crippen MR) is 235 cm³/mol. The van der Waals surface area contributed by atoms with Gasteiger partial charge in [-0.1, -0.05) is 40.5 Å². The lowest BCUT2D eigenvalue weighted by atomic mass is 9.94. The maximum absolute atomic E-state index is 14.2. The second-order valence-electron chi connectivity index (χ2n) is 15.6. The van der Waals surface area contributed by atoms with E-state index in [9.17, 15) is 48.6 Å². The molecule has 64 heavy (non-hydrogen) atoms. The molecule has 9 atom stereocenters. The zero-order valence-electron chi connectivity index (χ0n) is 36.5. The third-order valence-corrected chi connectivity index (χ3v) is 11.8. The number of aromatic nitrogens is 2. The molecular weight excluding hydrogens is 853 g/mol. The number of thiazole rings is 1. The highest BCUT2D eigenvalue weighted by Crippen LogP contribution is 2.24. The minimum absolute atomic E-state index is 0.00282. The average Bonchev–Trinajstić information content (AvgIpc) is 3.92. The van der Waals surface area contributed by atoms with Crippen LogP contribution in [0.25, 0.3) is 17.0 Å². The summed E-state index contributed by atoms with van der Waals surface area (Å²) in [5.41, 5.74) is 1.72. The molecule has 22 heteroatoms. The largest absolute Gasteiger partial charge is 0.508 e. The van der Waals surface area contributed by atoms with Crippen molar-refractivity contribution in [2.75, 3.05) is 26.8 Å². The Hall–Kier alpha value is -6.23. The quantitative estimate of drug-likeness (QED) is 0.0656. The van der Waals surface area contributed by atoms with Crippen LogP contribution < -0.4 is 42.5 Å². The Kier molecular flexibility index (Phi) is 18.9. The van der Waals surface area contributed by atoms with Gasteiger partial charge in [0, 0.05) is 48.6 Å². The van der Waals surface area contributed by atoms with Crippen molar-refractivity contribution in [3.63, 3.8) is 0 Å². The number of Topliss-reactive ketones (excluding diaryl/α,β-unsaturated/α-hetero) is 1. The van der Waals surface area contributed by atoms with Gasteiger partial charge in [-0.15, -0.1) is 11.3 Å². The Morgan fingerprint density at radius 2 is 1.77 bits per heavy atom. The lowest BCUT2D eigenvalue weighted by molar-refractivity contribution is -0.142. The molecule has 11 N–H and O–H groups in total. The minimum atomic E-state index is -1.70. The highest BCUT2D eigenvalue weighted by Gasteiger charge is 2.36. The highest BCUT2D eigenvalue weighted by atomic mass is 32.1. The number of carbonyl (C=O) groups excluding carboxylic acids is 8. The second-order valence-corrected chi connectivity index (χ2v) is 16.5. The number of benzene rings is 1. The van der Waals surface area contributed by atoms with Crippen LogP contribution in [0.3, 0.4) is 0 Å². The van der Waals surface area contributed by atoms with E-state index in [1.165, 1.54) is 32.3 Å². The SMILES string of the molecule is CCC(C)[C@H](NC(=O)[C@H](O)CNC=O)C(=O)N[C@H]1CN[C@H](Cc2c[nH]c3ccc(O)cc23)NC(=O)/C=C/c2csc(n2)[C@H](COC)NC(=O)C(=O)[C@H](C(C)CC)NC(=O)[C@H](C)NC1=O. The monoisotopic (exact) mass is 910 g/mol. The lowest BCUT2D eigenvalue weighted by Gasteiger charge is -2.29. The predicted octanol–water partition coefficient (Wildman–Crippen LogP) is -0.838. The molecule has 0 saturated carbocycles. The summed E-state index contributed by atoms with van der Waals surface area (Å²) in [7, 11) is 1.41. The number of amides is 7. The number of carbonyl (C=O) groups is 8. The van der Waals surface area contributed by atoms with E-state index in [-0.39, 0.29) is 25.3 Å². The Morgan fingerprint density at radius 1 is 1.02 bits per heavy atom. The number of hydrogen-bond acceptors (Lipinski definition) is 14. The van der Waals surface area contributed by atoms with E-state index in [4.69, 9.17) is 4.74 Å². The number of aromatic amines is 1. The summed E-state index contributed by atoms with van der Waals surface area (Å²) in [5.74, 6) is -7.10. The first kappa shape index (κ1) is 50.4. The molecule has 3 heterocycles. The van der Waals surface area contributed by atoms with E-state index in [1.807, 2.05) is 0 Å². The van der Waals surface area contributed by atoms with Gasteiger partial charge in [0.15, 0.2) is 0 Å². The van der Waals surface area contributed by atoms with Gasteiger partial charge in [-0.05, 0) is 48.6 Å². The number of hydrogen-bond donors (Lipinski definition) is 11. The van der Waals surface area contributed by atoms with Gasteiger partial charge < -0.3 is 57.2 Å². The molecular formula is C42H58N10O11S. The Balaban J connectivity index is 1.75. The highest BCUT2D eigenvalue weighted by molar-refractivity contribution is 7.09. The van der Waals surface area contributed by atoms with Crippen molar-refractivity contribution < 1.29 is 53.3 Å². The number of ether oxygens (including phenoxy) is 1.